The van der Waals surface area contributed by atoms with Crippen molar-refractivity contribution < 1.29 is 19.4 Å². The number of hydrogen-bond acceptors (Lipinski definition) is 5. The number of thiazole rings is 1. The molecule has 5 nitrogen and oxygen atoms in total. The second-order valence-electron chi connectivity index (χ2n) is 6.49. The van der Waals surface area contributed by atoms with Crippen LogP contribution in [0.3, 0.4) is 0 Å². The third-order valence-corrected chi connectivity index (χ3v) is 5.60. The first-order chi connectivity index (χ1) is 13.2. The first-order valence-corrected chi connectivity index (χ1v) is 9.58. The van der Waals surface area contributed by atoms with Crippen LogP contribution in [0.2, 0.25) is 0 Å². The van der Waals surface area contributed by atoms with Gasteiger partial charge in [0.05, 0.1) is 18.6 Å². The molecule has 0 spiro atoms. The molecule has 0 saturated heterocycles. The Labute approximate surface area is 161 Å². The van der Waals surface area contributed by atoms with E-state index in [2.05, 4.69) is 4.98 Å². The molecule has 4 rings (SSSR count). The standard InChI is InChI=1S/C21H19NO4S/c1-25-16-10-9-15(11-17(16)26-12-13-7-8-13)20-22-18(21(23)24)19(27-20)14-5-3-2-4-6-14/h2-6,9-11,13H,7-8,12H2,1H3,(H,23,24). The molecule has 0 unspecified atom stereocenters. The summed E-state index contributed by atoms with van der Waals surface area (Å²) in [5, 5.41) is 10.2. The maximum absolute atomic E-state index is 11.7. The summed E-state index contributed by atoms with van der Waals surface area (Å²) in [6.45, 7) is 0.674. The minimum Gasteiger partial charge on any atom is -0.493 e. The Balaban J connectivity index is 1.72. The molecule has 1 aliphatic rings. The predicted molar refractivity (Wildman–Crippen MR) is 105 cm³/mol. The zero-order valence-corrected chi connectivity index (χ0v) is 15.7. The van der Waals surface area contributed by atoms with Crippen LogP contribution >= 0.6 is 11.3 Å². The molecule has 2 aromatic carbocycles. The van der Waals surface area contributed by atoms with Crippen molar-refractivity contribution in [1.29, 1.82) is 0 Å². The Morgan fingerprint density at radius 3 is 2.59 bits per heavy atom. The van der Waals surface area contributed by atoms with Crippen LogP contribution in [0.25, 0.3) is 21.0 Å². The second kappa shape index (κ2) is 7.40. The van der Waals surface area contributed by atoms with Crippen molar-refractivity contribution in [1.82, 2.24) is 4.98 Å². The van der Waals surface area contributed by atoms with Crippen molar-refractivity contribution in [3.05, 3.63) is 54.2 Å². The van der Waals surface area contributed by atoms with E-state index in [1.165, 1.54) is 24.2 Å². The Kier molecular flexibility index (Phi) is 4.81. The van der Waals surface area contributed by atoms with Crippen LogP contribution in [0, 0.1) is 5.92 Å². The number of hydrogen-bond donors (Lipinski definition) is 1. The molecule has 1 heterocycles. The number of rotatable bonds is 7. The SMILES string of the molecule is COc1ccc(-c2nc(C(=O)O)c(-c3ccccc3)s2)cc1OCC1CC1. The third kappa shape index (κ3) is 3.80. The molecule has 0 radical (unpaired) electrons. The largest absolute Gasteiger partial charge is 0.493 e. The number of ether oxygens (including phenoxy) is 2. The highest BCUT2D eigenvalue weighted by atomic mass is 32.1. The smallest absolute Gasteiger partial charge is 0.356 e. The fourth-order valence-corrected chi connectivity index (χ4v) is 3.85. The molecule has 0 aliphatic heterocycles. The second-order valence-corrected chi connectivity index (χ2v) is 7.49. The summed E-state index contributed by atoms with van der Waals surface area (Å²) in [5.41, 5.74) is 1.73. The summed E-state index contributed by atoms with van der Waals surface area (Å²) in [5.74, 6) is 0.921. The van der Waals surface area contributed by atoms with E-state index < -0.39 is 5.97 Å². The number of carbonyl (C=O) groups is 1. The molecule has 1 saturated carbocycles. The van der Waals surface area contributed by atoms with E-state index in [0.29, 0.717) is 33.9 Å². The minimum absolute atomic E-state index is 0.0671. The number of aromatic nitrogens is 1. The van der Waals surface area contributed by atoms with Crippen LogP contribution in [0.5, 0.6) is 11.5 Å². The molecule has 1 aliphatic carbocycles. The number of carboxylic acids is 1. The van der Waals surface area contributed by atoms with Crippen LogP contribution < -0.4 is 9.47 Å². The molecule has 0 amide bonds. The molecule has 0 atom stereocenters. The zero-order valence-electron chi connectivity index (χ0n) is 14.8. The van der Waals surface area contributed by atoms with Gasteiger partial charge in [-0.2, -0.15) is 0 Å². The molecular weight excluding hydrogens is 362 g/mol. The summed E-state index contributed by atoms with van der Waals surface area (Å²) >= 11 is 1.36. The lowest BCUT2D eigenvalue weighted by Crippen LogP contribution is -2.01. The first kappa shape index (κ1) is 17.5. The number of methoxy groups -OCH3 is 1. The zero-order chi connectivity index (χ0) is 18.8. The molecule has 0 bridgehead atoms. The molecule has 27 heavy (non-hydrogen) atoms. The Morgan fingerprint density at radius 2 is 1.93 bits per heavy atom. The fraction of sp³-hybridized carbons (Fsp3) is 0.238. The maximum Gasteiger partial charge on any atom is 0.356 e. The van der Waals surface area contributed by atoms with Crippen molar-refractivity contribution >= 4 is 17.3 Å². The molecular formula is C21H19NO4S. The van der Waals surface area contributed by atoms with E-state index in [4.69, 9.17) is 9.47 Å². The molecule has 1 N–H and O–H groups in total. The van der Waals surface area contributed by atoms with E-state index in [0.717, 1.165) is 11.1 Å². The Bertz CT molecular complexity index is 964. The Hall–Kier alpha value is -2.86. The lowest BCUT2D eigenvalue weighted by molar-refractivity contribution is 0.0692. The van der Waals surface area contributed by atoms with Crippen molar-refractivity contribution in [2.24, 2.45) is 5.92 Å². The lowest BCUT2D eigenvalue weighted by atomic mass is 10.1. The first-order valence-electron chi connectivity index (χ1n) is 8.76. The van der Waals surface area contributed by atoms with Gasteiger partial charge in [-0.1, -0.05) is 30.3 Å². The van der Waals surface area contributed by atoms with Gasteiger partial charge >= 0.3 is 5.97 Å². The summed E-state index contributed by atoms with van der Waals surface area (Å²) < 4.78 is 11.3. The molecule has 3 aromatic rings. The van der Waals surface area contributed by atoms with Crippen molar-refractivity contribution in [3.63, 3.8) is 0 Å². The van der Waals surface area contributed by atoms with Gasteiger partial charge in [0.25, 0.3) is 0 Å². The van der Waals surface area contributed by atoms with Crippen LogP contribution in [0.1, 0.15) is 23.3 Å². The number of carboxylic acid groups (broad SMARTS) is 1. The van der Waals surface area contributed by atoms with Gasteiger partial charge in [0.1, 0.15) is 5.01 Å². The van der Waals surface area contributed by atoms with Crippen LogP contribution in [0.15, 0.2) is 48.5 Å². The lowest BCUT2D eigenvalue weighted by Gasteiger charge is -2.11. The summed E-state index contributed by atoms with van der Waals surface area (Å²) in [6.07, 6.45) is 2.41. The van der Waals surface area contributed by atoms with E-state index in [1.54, 1.807) is 7.11 Å². The highest BCUT2D eigenvalue weighted by molar-refractivity contribution is 7.18. The van der Waals surface area contributed by atoms with Crippen LogP contribution in [0.4, 0.5) is 0 Å². The van der Waals surface area contributed by atoms with Gasteiger partial charge in [0, 0.05) is 5.56 Å². The van der Waals surface area contributed by atoms with Gasteiger partial charge in [-0.05, 0) is 42.5 Å². The summed E-state index contributed by atoms with van der Waals surface area (Å²) in [7, 11) is 1.61. The fourth-order valence-electron chi connectivity index (χ4n) is 2.79. The number of benzene rings is 2. The van der Waals surface area contributed by atoms with E-state index in [9.17, 15) is 9.90 Å². The number of aromatic carboxylic acids is 1. The van der Waals surface area contributed by atoms with Gasteiger partial charge < -0.3 is 14.6 Å². The van der Waals surface area contributed by atoms with Crippen molar-refractivity contribution in [3.8, 4) is 32.5 Å². The van der Waals surface area contributed by atoms with Crippen molar-refractivity contribution in [2.45, 2.75) is 12.8 Å². The molecule has 1 fully saturated rings. The van der Waals surface area contributed by atoms with Crippen molar-refractivity contribution in [2.75, 3.05) is 13.7 Å². The summed E-state index contributed by atoms with van der Waals surface area (Å²) in [6, 6.07) is 15.0. The van der Waals surface area contributed by atoms with Gasteiger partial charge in [-0.25, -0.2) is 9.78 Å². The molecule has 1 aromatic heterocycles. The average molecular weight is 381 g/mol. The monoisotopic (exact) mass is 381 g/mol. The van der Waals surface area contributed by atoms with Crippen LogP contribution in [-0.4, -0.2) is 29.8 Å². The van der Waals surface area contributed by atoms with Gasteiger partial charge in [-0.15, -0.1) is 11.3 Å². The minimum atomic E-state index is -1.03. The molecule has 138 valence electrons. The van der Waals surface area contributed by atoms with Gasteiger partial charge in [0.2, 0.25) is 0 Å². The van der Waals surface area contributed by atoms with E-state index >= 15 is 0 Å². The average Bonchev–Trinajstić information content (AvgIpc) is 3.42. The summed E-state index contributed by atoms with van der Waals surface area (Å²) in [4.78, 5) is 16.7. The topological polar surface area (TPSA) is 68.7 Å². The van der Waals surface area contributed by atoms with E-state index in [-0.39, 0.29) is 5.69 Å². The number of nitrogens with zero attached hydrogens (tertiary/aromatic N) is 1. The highest BCUT2D eigenvalue weighted by Crippen LogP contribution is 2.39. The Morgan fingerprint density at radius 1 is 1.15 bits per heavy atom. The predicted octanol–water partition coefficient (Wildman–Crippen LogP) is 4.97. The quantitative estimate of drug-likeness (QED) is 0.626. The van der Waals surface area contributed by atoms with E-state index in [1.807, 2.05) is 48.5 Å². The normalized spacial score (nSPS) is 13.4. The highest BCUT2D eigenvalue weighted by Gasteiger charge is 2.23. The van der Waals surface area contributed by atoms with Crippen LogP contribution in [-0.2, 0) is 0 Å². The van der Waals surface area contributed by atoms with Gasteiger partial charge in [-0.3, -0.25) is 0 Å². The molecule has 6 heteroatoms. The van der Waals surface area contributed by atoms with Gasteiger partial charge in [0.15, 0.2) is 17.2 Å². The maximum atomic E-state index is 11.7. The third-order valence-electron chi connectivity index (χ3n) is 4.45.